The van der Waals surface area contributed by atoms with Crippen LogP contribution in [0.1, 0.15) is 5.56 Å². The summed E-state index contributed by atoms with van der Waals surface area (Å²) in [6, 6.07) is 28.6. The third-order valence-electron chi connectivity index (χ3n) is 4.12. The first kappa shape index (κ1) is 20.5. The minimum Gasteiger partial charge on any atom is -0.277 e. The maximum atomic E-state index is 13.5. The number of hydrogen-bond acceptors (Lipinski definition) is 6. The molecule has 0 heterocycles. The van der Waals surface area contributed by atoms with Crippen molar-refractivity contribution in [3.8, 4) is 12.1 Å². The average Bonchev–Trinajstić information content (AvgIpc) is 2.80. The number of benzene rings is 3. The second-order valence-electron chi connectivity index (χ2n) is 6.05. The average molecular weight is 412 g/mol. The molecule has 0 spiro atoms. The van der Waals surface area contributed by atoms with Crippen LogP contribution >= 0.6 is 0 Å². The monoisotopic (exact) mass is 412 g/mol. The van der Waals surface area contributed by atoms with Crippen molar-refractivity contribution >= 4 is 26.1 Å². The van der Waals surface area contributed by atoms with Gasteiger partial charge >= 0.3 is 0 Å². The number of sulfone groups is 1. The van der Waals surface area contributed by atoms with Gasteiger partial charge in [0.2, 0.25) is 9.84 Å². The highest BCUT2D eigenvalue weighted by atomic mass is 32.2. The van der Waals surface area contributed by atoms with E-state index in [1.165, 1.54) is 12.1 Å². The third kappa shape index (κ3) is 4.44. The van der Waals surface area contributed by atoms with Crippen molar-refractivity contribution < 1.29 is 8.42 Å². The molecular formula is C23H16N4O2S. The molecule has 7 heteroatoms. The maximum absolute atomic E-state index is 13.5. The van der Waals surface area contributed by atoms with Crippen LogP contribution < -0.4 is 5.43 Å². The third-order valence-corrected chi connectivity index (χ3v) is 5.82. The first-order chi connectivity index (χ1) is 14.6. The summed E-state index contributed by atoms with van der Waals surface area (Å²) in [5, 5.41) is 22.8. The zero-order chi connectivity index (χ0) is 21.4. The molecule has 0 aliphatic heterocycles. The van der Waals surface area contributed by atoms with Crippen molar-refractivity contribution in [1.29, 1.82) is 10.5 Å². The van der Waals surface area contributed by atoms with E-state index in [4.69, 9.17) is 0 Å². The van der Waals surface area contributed by atoms with E-state index in [1.54, 1.807) is 84.9 Å². The zero-order valence-electron chi connectivity index (χ0n) is 15.7. The van der Waals surface area contributed by atoms with Crippen LogP contribution in [0.15, 0.2) is 107 Å². The molecule has 0 aromatic heterocycles. The van der Waals surface area contributed by atoms with Gasteiger partial charge in [-0.2, -0.15) is 15.6 Å². The molecule has 0 radical (unpaired) electrons. The van der Waals surface area contributed by atoms with Gasteiger partial charge in [-0.15, -0.1) is 0 Å². The van der Waals surface area contributed by atoms with Crippen molar-refractivity contribution in [2.24, 2.45) is 5.10 Å². The molecule has 146 valence electrons. The second-order valence-corrected chi connectivity index (χ2v) is 7.92. The highest BCUT2D eigenvalue weighted by Crippen LogP contribution is 2.27. The Morgan fingerprint density at radius 3 is 1.80 bits per heavy atom. The number of nitrogens with one attached hydrogen (secondary N) is 1. The number of anilines is 1. The Bertz CT molecular complexity index is 1250. The number of allylic oxidation sites excluding steroid dienone is 1. The molecule has 3 aromatic carbocycles. The van der Waals surface area contributed by atoms with E-state index >= 15 is 0 Å². The number of hydrazone groups is 1. The molecule has 1 N–H and O–H groups in total. The standard InChI is InChI=1S/C23H16N4O2S/c24-16-19(17-25)22(18-10-4-1-5-11-18)23(27-26-20-12-6-2-7-13-20)30(28,29)21-14-8-3-9-15-21/h1-15,26H/b27-23+. The lowest BCUT2D eigenvalue weighted by Gasteiger charge is -2.13. The Morgan fingerprint density at radius 1 is 0.767 bits per heavy atom. The van der Waals surface area contributed by atoms with Crippen LogP contribution in [0.5, 0.6) is 0 Å². The quantitative estimate of drug-likeness (QED) is 0.290. The van der Waals surface area contributed by atoms with E-state index in [2.05, 4.69) is 10.5 Å². The second kappa shape index (κ2) is 9.33. The number of nitriles is 2. The highest BCUT2D eigenvalue weighted by Gasteiger charge is 2.30. The minimum absolute atomic E-state index is 0.00210. The molecule has 0 unspecified atom stereocenters. The van der Waals surface area contributed by atoms with Gasteiger partial charge in [-0.3, -0.25) is 5.43 Å². The predicted octanol–water partition coefficient (Wildman–Crippen LogP) is 4.39. The predicted molar refractivity (Wildman–Crippen MR) is 116 cm³/mol. The van der Waals surface area contributed by atoms with Crippen molar-refractivity contribution in [2.45, 2.75) is 4.90 Å². The fourth-order valence-electron chi connectivity index (χ4n) is 2.71. The summed E-state index contributed by atoms with van der Waals surface area (Å²) in [4.78, 5) is 0.00210. The molecule has 3 aromatic rings. The summed E-state index contributed by atoms with van der Waals surface area (Å²) >= 11 is 0. The Kier molecular flexibility index (Phi) is 6.39. The van der Waals surface area contributed by atoms with Crippen molar-refractivity contribution in [1.82, 2.24) is 0 Å². The van der Waals surface area contributed by atoms with Crippen molar-refractivity contribution in [3.63, 3.8) is 0 Å². The molecule has 0 aliphatic carbocycles. The Balaban J connectivity index is 2.29. The van der Waals surface area contributed by atoms with Crippen LogP contribution in [0.4, 0.5) is 5.69 Å². The van der Waals surface area contributed by atoms with E-state index < -0.39 is 14.9 Å². The SMILES string of the molecule is N#CC(C#N)=C(/C(=N\Nc1ccccc1)S(=O)(=O)c1ccccc1)c1ccccc1. The summed E-state index contributed by atoms with van der Waals surface area (Å²) in [6.45, 7) is 0. The fourth-order valence-corrected chi connectivity index (χ4v) is 4.10. The van der Waals surface area contributed by atoms with E-state index in [9.17, 15) is 18.9 Å². The Morgan fingerprint density at radius 2 is 1.27 bits per heavy atom. The Labute approximate surface area is 175 Å². The lowest BCUT2D eigenvalue weighted by atomic mass is 10.0. The molecule has 0 saturated heterocycles. The van der Waals surface area contributed by atoms with E-state index in [-0.39, 0.29) is 16.0 Å². The van der Waals surface area contributed by atoms with Crippen LogP contribution in [-0.4, -0.2) is 13.5 Å². The topological polar surface area (TPSA) is 106 Å². The molecular weight excluding hydrogens is 396 g/mol. The molecule has 6 nitrogen and oxygen atoms in total. The summed E-state index contributed by atoms with van der Waals surface area (Å²) in [7, 11) is -4.16. The zero-order valence-corrected chi connectivity index (χ0v) is 16.5. The fraction of sp³-hybridized carbons (Fsp3) is 0. The smallest absolute Gasteiger partial charge is 0.226 e. The number of nitrogens with zero attached hydrogens (tertiary/aromatic N) is 3. The molecule has 0 aliphatic rings. The lowest BCUT2D eigenvalue weighted by molar-refractivity contribution is 0.607. The lowest BCUT2D eigenvalue weighted by Crippen LogP contribution is -2.20. The van der Waals surface area contributed by atoms with Gasteiger partial charge in [0.25, 0.3) is 0 Å². The first-order valence-electron chi connectivity index (χ1n) is 8.87. The van der Waals surface area contributed by atoms with Gasteiger partial charge in [-0.25, -0.2) is 8.42 Å². The van der Waals surface area contributed by atoms with E-state index in [0.29, 0.717) is 11.3 Å². The Hall–Kier alpha value is -4.20. The molecule has 0 atom stereocenters. The van der Waals surface area contributed by atoms with Gasteiger partial charge in [-0.1, -0.05) is 66.7 Å². The number of rotatable bonds is 5. The van der Waals surface area contributed by atoms with Crippen LogP contribution in [0.2, 0.25) is 0 Å². The van der Waals surface area contributed by atoms with Crippen molar-refractivity contribution in [2.75, 3.05) is 5.43 Å². The van der Waals surface area contributed by atoms with Gasteiger partial charge in [0.1, 0.15) is 17.7 Å². The van der Waals surface area contributed by atoms with Gasteiger partial charge in [0.05, 0.1) is 10.6 Å². The van der Waals surface area contributed by atoms with Gasteiger partial charge in [0.15, 0.2) is 5.04 Å². The largest absolute Gasteiger partial charge is 0.277 e. The molecule has 0 saturated carbocycles. The normalized spacial score (nSPS) is 11.1. The summed E-state index contributed by atoms with van der Waals surface area (Å²) in [6.07, 6.45) is 0. The van der Waals surface area contributed by atoms with Gasteiger partial charge in [0, 0.05) is 5.57 Å². The molecule has 0 bridgehead atoms. The summed E-state index contributed by atoms with van der Waals surface area (Å²) < 4.78 is 27.0. The summed E-state index contributed by atoms with van der Waals surface area (Å²) in [5.41, 5.74) is 3.26. The minimum atomic E-state index is -4.16. The van der Waals surface area contributed by atoms with Crippen LogP contribution in [0, 0.1) is 22.7 Å². The van der Waals surface area contributed by atoms with E-state index in [0.717, 1.165) is 0 Å². The first-order valence-corrected chi connectivity index (χ1v) is 10.4. The van der Waals surface area contributed by atoms with Crippen molar-refractivity contribution in [3.05, 3.63) is 102 Å². The van der Waals surface area contributed by atoms with Crippen LogP contribution in [0.3, 0.4) is 0 Å². The molecule has 0 amide bonds. The van der Waals surface area contributed by atoms with Crippen LogP contribution in [-0.2, 0) is 9.84 Å². The molecule has 30 heavy (non-hydrogen) atoms. The van der Waals surface area contributed by atoms with Gasteiger partial charge in [-0.05, 0) is 29.8 Å². The summed E-state index contributed by atoms with van der Waals surface area (Å²) in [5.74, 6) is 0. The number of para-hydroxylation sites is 1. The van der Waals surface area contributed by atoms with Gasteiger partial charge < -0.3 is 0 Å². The molecule has 3 rings (SSSR count). The molecule has 0 fully saturated rings. The highest BCUT2D eigenvalue weighted by molar-refractivity contribution is 8.07. The maximum Gasteiger partial charge on any atom is 0.226 e. The number of hydrogen-bond donors (Lipinski definition) is 1. The van der Waals surface area contributed by atoms with Crippen LogP contribution in [0.25, 0.3) is 5.57 Å². The van der Waals surface area contributed by atoms with E-state index in [1.807, 2.05) is 6.07 Å².